The third kappa shape index (κ3) is 7.31. The predicted molar refractivity (Wildman–Crippen MR) is 162 cm³/mol. The van der Waals surface area contributed by atoms with Gasteiger partial charge in [0.1, 0.15) is 5.69 Å². The number of aromatic nitrogens is 2. The third-order valence-corrected chi connectivity index (χ3v) is 6.70. The number of aryl methyl sites for hydroxylation is 1. The number of aliphatic imine (C=N–C) groups is 1. The van der Waals surface area contributed by atoms with Gasteiger partial charge in [-0.05, 0) is 92.8 Å². The molecule has 3 aromatic rings. The molecule has 2 aromatic heterocycles. The molecule has 0 aliphatic heterocycles. The number of carbonyl (C=O) groups excluding carboxylic acids is 2. The van der Waals surface area contributed by atoms with Gasteiger partial charge in [0.15, 0.2) is 0 Å². The molecule has 0 saturated heterocycles. The van der Waals surface area contributed by atoms with Gasteiger partial charge in [-0.2, -0.15) is 5.26 Å². The fraction of sp³-hybridized carbons (Fsp3) is 0.250. The highest BCUT2D eigenvalue weighted by Gasteiger charge is 2.24. The maximum absolute atomic E-state index is 12.8. The molecule has 0 bridgehead atoms. The lowest BCUT2D eigenvalue weighted by atomic mass is 9.91. The first-order chi connectivity index (χ1) is 19.6. The molecule has 1 fully saturated rings. The standard InChI is InChI=1S/C32H33N7O2/c1-6-21(15-27(34-5)22-11-13-35-28(16-22)30(40)37-23-9-10-23)26-17-24(8-7-20(26)2)38-31(41)39-25-12-14-36-29(18-25)32(3,4)19-33/h6-8,11-18,23H,1,9-10H2,2-5H3,(H,37,40)(H2,36,38,39,41)/b21-15+,34-27?. The first kappa shape index (κ1) is 28.9. The molecule has 9 nitrogen and oxygen atoms in total. The zero-order valence-corrected chi connectivity index (χ0v) is 23.7. The summed E-state index contributed by atoms with van der Waals surface area (Å²) in [4.78, 5) is 38.3. The van der Waals surface area contributed by atoms with Gasteiger partial charge in [-0.3, -0.25) is 19.8 Å². The molecule has 0 radical (unpaired) electrons. The van der Waals surface area contributed by atoms with Crippen molar-refractivity contribution in [2.45, 2.75) is 45.1 Å². The summed E-state index contributed by atoms with van der Waals surface area (Å²) in [6.45, 7) is 9.51. The fourth-order valence-electron chi connectivity index (χ4n) is 4.08. The fourth-order valence-corrected chi connectivity index (χ4v) is 4.08. The van der Waals surface area contributed by atoms with E-state index in [2.05, 4.69) is 43.6 Å². The summed E-state index contributed by atoms with van der Waals surface area (Å²) < 4.78 is 0. The molecule has 2 heterocycles. The molecule has 1 aliphatic carbocycles. The number of nitrogens with zero attached hydrogens (tertiary/aromatic N) is 4. The highest BCUT2D eigenvalue weighted by Crippen LogP contribution is 2.26. The van der Waals surface area contributed by atoms with E-state index in [0.29, 0.717) is 28.5 Å². The van der Waals surface area contributed by atoms with Crippen LogP contribution in [-0.2, 0) is 5.41 Å². The van der Waals surface area contributed by atoms with Gasteiger partial charge in [-0.25, -0.2) is 4.79 Å². The normalized spacial score (nSPS) is 13.6. The van der Waals surface area contributed by atoms with Crippen molar-refractivity contribution in [2.24, 2.45) is 4.99 Å². The number of carbonyl (C=O) groups is 2. The Bertz CT molecular complexity index is 1590. The zero-order valence-electron chi connectivity index (χ0n) is 23.7. The van der Waals surface area contributed by atoms with E-state index in [1.165, 1.54) is 0 Å². The molecule has 208 valence electrons. The number of benzene rings is 1. The van der Waals surface area contributed by atoms with Gasteiger partial charge < -0.3 is 16.0 Å². The second-order valence-corrected chi connectivity index (χ2v) is 10.4. The van der Waals surface area contributed by atoms with E-state index in [1.54, 1.807) is 57.6 Å². The monoisotopic (exact) mass is 547 g/mol. The number of allylic oxidation sites excluding steroid dienone is 3. The second kappa shape index (κ2) is 12.4. The van der Waals surface area contributed by atoms with Crippen LogP contribution in [0.5, 0.6) is 0 Å². The summed E-state index contributed by atoms with van der Waals surface area (Å²) >= 11 is 0. The van der Waals surface area contributed by atoms with Crippen LogP contribution in [0.1, 0.15) is 59.6 Å². The molecule has 1 aromatic carbocycles. The molecule has 9 heteroatoms. The molecule has 0 atom stereocenters. The SMILES string of the molecule is C=C/C(=C\C(=NC)c1ccnc(C(=O)NC2CC2)c1)c1cc(NC(=O)Nc2ccnc(C(C)(C)C#N)c2)ccc1C. The maximum Gasteiger partial charge on any atom is 0.323 e. The number of anilines is 2. The Labute approximate surface area is 240 Å². The molecule has 3 amide bonds. The van der Waals surface area contributed by atoms with Crippen LogP contribution in [0.3, 0.4) is 0 Å². The summed E-state index contributed by atoms with van der Waals surface area (Å²) in [5.74, 6) is -0.192. The van der Waals surface area contributed by atoms with Crippen LogP contribution in [0.4, 0.5) is 16.2 Å². The molecule has 1 saturated carbocycles. The topological polar surface area (TPSA) is 132 Å². The maximum atomic E-state index is 12.8. The van der Waals surface area contributed by atoms with Crippen molar-refractivity contribution in [3.63, 3.8) is 0 Å². The Morgan fingerprint density at radius 1 is 1.07 bits per heavy atom. The number of hydrogen-bond donors (Lipinski definition) is 3. The number of pyridine rings is 2. The number of nitriles is 1. The zero-order chi connectivity index (χ0) is 29.6. The van der Waals surface area contributed by atoms with Crippen LogP contribution in [-0.4, -0.2) is 40.7 Å². The Morgan fingerprint density at radius 3 is 2.44 bits per heavy atom. The second-order valence-electron chi connectivity index (χ2n) is 10.4. The van der Waals surface area contributed by atoms with Crippen LogP contribution < -0.4 is 16.0 Å². The van der Waals surface area contributed by atoms with Crippen LogP contribution in [0.15, 0.2) is 78.6 Å². The van der Waals surface area contributed by atoms with Crippen molar-refractivity contribution >= 4 is 34.6 Å². The van der Waals surface area contributed by atoms with Gasteiger partial charge in [0.25, 0.3) is 5.91 Å². The predicted octanol–water partition coefficient (Wildman–Crippen LogP) is 5.81. The van der Waals surface area contributed by atoms with E-state index in [0.717, 1.165) is 35.1 Å². The highest BCUT2D eigenvalue weighted by atomic mass is 16.2. The minimum absolute atomic E-state index is 0.192. The average Bonchev–Trinajstić information content (AvgIpc) is 3.79. The van der Waals surface area contributed by atoms with Crippen molar-refractivity contribution in [1.29, 1.82) is 5.26 Å². The minimum atomic E-state index is -0.783. The lowest BCUT2D eigenvalue weighted by Crippen LogP contribution is -2.26. The number of hydrogen-bond acceptors (Lipinski definition) is 6. The molecule has 4 rings (SSSR count). The summed E-state index contributed by atoms with van der Waals surface area (Å²) in [6, 6.07) is 14.5. The Morgan fingerprint density at radius 2 is 1.78 bits per heavy atom. The average molecular weight is 548 g/mol. The first-order valence-electron chi connectivity index (χ1n) is 13.3. The summed E-state index contributed by atoms with van der Waals surface area (Å²) in [7, 11) is 1.69. The Hall–Kier alpha value is -5.10. The van der Waals surface area contributed by atoms with Gasteiger partial charge in [-0.15, -0.1) is 0 Å². The Balaban J connectivity index is 1.54. The molecule has 0 unspecified atom stereocenters. The van der Waals surface area contributed by atoms with E-state index in [-0.39, 0.29) is 11.9 Å². The van der Waals surface area contributed by atoms with Crippen molar-refractivity contribution in [3.8, 4) is 6.07 Å². The van der Waals surface area contributed by atoms with Gasteiger partial charge in [0.05, 0.1) is 22.9 Å². The molecule has 3 N–H and O–H groups in total. The lowest BCUT2D eigenvalue weighted by molar-refractivity contribution is 0.0946. The summed E-state index contributed by atoms with van der Waals surface area (Å²) in [5, 5.41) is 18.0. The molecule has 41 heavy (non-hydrogen) atoms. The van der Waals surface area contributed by atoms with Crippen molar-refractivity contribution < 1.29 is 9.59 Å². The van der Waals surface area contributed by atoms with Crippen molar-refractivity contribution in [3.05, 3.63) is 102 Å². The lowest BCUT2D eigenvalue weighted by Gasteiger charge is -2.16. The van der Waals surface area contributed by atoms with Crippen molar-refractivity contribution in [2.75, 3.05) is 17.7 Å². The summed E-state index contributed by atoms with van der Waals surface area (Å²) in [5.41, 5.74) is 5.29. The molecular weight excluding hydrogens is 514 g/mol. The molecule has 0 spiro atoms. The van der Waals surface area contributed by atoms with E-state index < -0.39 is 11.4 Å². The third-order valence-electron chi connectivity index (χ3n) is 6.70. The number of urea groups is 1. The Kier molecular flexibility index (Phi) is 8.73. The minimum Gasteiger partial charge on any atom is -0.348 e. The van der Waals surface area contributed by atoms with E-state index >= 15 is 0 Å². The van der Waals surface area contributed by atoms with Crippen LogP contribution in [0.25, 0.3) is 5.57 Å². The first-order valence-corrected chi connectivity index (χ1v) is 13.3. The molecular formula is C32H33N7O2. The van der Waals surface area contributed by atoms with E-state index in [4.69, 9.17) is 0 Å². The van der Waals surface area contributed by atoms with Gasteiger partial charge in [0.2, 0.25) is 0 Å². The molecule has 1 aliphatic rings. The van der Waals surface area contributed by atoms with Gasteiger partial charge in [-0.1, -0.05) is 18.7 Å². The van der Waals surface area contributed by atoms with Crippen LogP contribution >= 0.6 is 0 Å². The van der Waals surface area contributed by atoms with Crippen LogP contribution in [0, 0.1) is 18.3 Å². The van der Waals surface area contributed by atoms with Crippen molar-refractivity contribution in [1.82, 2.24) is 15.3 Å². The smallest absolute Gasteiger partial charge is 0.323 e. The van der Waals surface area contributed by atoms with Gasteiger partial charge in [0, 0.05) is 42.4 Å². The van der Waals surface area contributed by atoms with E-state index in [9.17, 15) is 14.9 Å². The number of rotatable bonds is 9. The van der Waals surface area contributed by atoms with E-state index in [1.807, 2.05) is 37.3 Å². The number of nitrogens with one attached hydrogen (secondary N) is 3. The number of amides is 3. The largest absolute Gasteiger partial charge is 0.348 e. The highest BCUT2D eigenvalue weighted by molar-refractivity contribution is 6.14. The summed E-state index contributed by atoms with van der Waals surface area (Å²) in [6.07, 6.45) is 8.79. The van der Waals surface area contributed by atoms with Gasteiger partial charge >= 0.3 is 6.03 Å². The van der Waals surface area contributed by atoms with Crippen LogP contribution in [0.2, 0.25) is 0 Å². The quantitative estimate of drug-likeness (QED) is 0.230.